The Morgan fingerprint density at radius 1 is 1.12 bits per heavy atom. The van der Waals surface area contributed by atoms with Crippen molar-refractivity contribution in [3.8, 4) is 11.5 Å². The Kier molecular flexibility index (Phi) is 6.09. The predicted octanol–water partition coefficient (Wildman–Crippen LogP) is 3.61. The molecule has 1 fully saturated rings. The highest BCUT2D eigenvalue weighted by molar-refractivity contribution is 6.02. The molecule has 0 saturated carbocycles. The number of Topliss-reactive ketones (excluding diaryl/α,β-unsaturated/α-hetero) is 1. The number of H-pyrrole nitrogens is 1. The first-order valence-corrected chi connectivity index (χ1v) is 11.2. The molecule has 1 aliphatic carbocycles. The Balaban J connectivity index is 1.44. The number of aromatic nitrogens is 1. The monoisotopic (exact) mass is 438 g/mol. The molecule has 4 rings (SSSR count). The van der Waals surface area contributed by atoms with Crippen molar-refractivity contribution in [2.24, 2.45) is 5.41 Å². The van der Waals surface area contributed by atoms with Crippen LogP contribution in [0.15, 0.2) is 35.1 Å². The number of amides is 1. The molecule has 32 heavy (non-hydrogen) atoms. The SMILES string of the molecule is CCOc1ccccc1OC1CCN(C(=O)c2cc3c([nH]c2=O)CC(C)(C)CC3=O)CC1. The molecule has 1 amide bonds. The number of carbonyl (C=O) groups is 2. The molecule has 0 unspecified atom stereocenters. The van der Waals surface area contributed by atoms with Crippen molar-refractivity contribution in [3.05, 3.63) is 57.5 Å². The zero-order valence-corrected chi connectivity index (χ0v) is 18.9. The summed E-state index contributed by atoms with van der Waals surface area (Å²) < 4.78 is 11.7. The van der Waals surface area contributed by atoms with Crippen molar-refractivity contribution in [1.82, 2.24) is 9.88 Å². The van der Waals surface area contributed by atoms with Gasteiger partial charge in [-0.25, -0.2) is 0 Å². The highest BCUT2D eigenvalue weighted by Gasteiger charge is 2.34. The van der Waals surface area contributed by atoms with Gasteiger partial charge in [-0.15, -0.1) is 0 Å². The number of aromatic amines is 1. The van der Waals surface area contributed by atoms with Gasteiger partial charge in [0.15, 0.2) is 17.3 Å². The van der Waals surface area contributed by atoms with Gasteiger partial charge in [0.05, 0.1) is 6.61 Å². The van der Waals surface area contributed by atoms with E-state index in [0.29, 0.717) is 68.1 Å². The molecular formula is C25H30N2O5. The highest BCUT2D eigenvalue weighted by atomic mass is 16.5. The van der Waals surface area contributed by atoms with Crippen molar-refractivity contribution >= 4 is 11.7 Å². The summed E-state index contributed by atoms with van der Waals surface area (Å²) in [6.45, 7) is 7.46. The lowest BCUT2D eigenvalue weighted by Crippen LogP contribution is -2.43. The topological polar surface area (TPSA) is 88.7 Å². The Morgan fingerprint density at radius 2 is 1.81 bits per heavy atom. The molecule has 7 heteroatoms. The van der Waals surface area contributed by atoms with Gasteiger partial charge in [0.1, 0.15) is 11.7 Å². The van der Waals surface area contributed by atoms with Crippen molar-refractivity contribution in [1.29, 1.82) is 0 Å². The second-order valence-electron chi connectivity index (χ2n) is 9.33. The van der Waals surface area contributed by atoms with Crippen LogP contribution in [0.4, 0.5) is 0 Å². The van der Waals surface area contributed by atoms with Crippen LogP contribution >= 0.6 is 0 Å². The van der Waals surface area contributed by atoms with E-state index in [-0.39, 0.29) is 28.8 Å². The maximum Gasteiger partial charge on any atom is 0.261 e. The summed E-state index contributed by atoms with van der Waals surface area (Å²) in [5.74, 6) is 1.05. The van der Waals surface area contributed by atoms with Crippen molar-refractivity contribution < 1.29 is 19.1 Å². The minimum atomic E-state index is -0.428. The summed E-state index contributed by atoms with van der Waals surface area (Å²) in [6, 6.07) is 9.06. The number of para-hydroxylation sites is 2. The molecule has 1 saturated heterocycles. The predicted molar refractivity (Wildman–Crippen MR) is 121 cm³/mol. The number of nitrogens with zero attached hydrogens (tertiary/aromatic N) is 1. The van der Waals surface area contributed by atoms with Gasteiger partial charge < -0.3 is 19.4 Å². The number of hydrogen-bond acceptors (Lipinski definition) is 5. The van der Waals surface area contributed by atoms with E-state index in [1.807, 2.05) is 45.0 Å². The molecule has 2 aliphatic rings. The lowest BCUT2D eigenvalue weighted by atomic mass is 9.75. The van der Waals surface area contributed by atoms with Gasteiger partial charge in [0.2, 0.25) is 0 Å². The zero-order chi connectivity index (χ0) is 22.9. The van der Waals surface area contributed by atoms with Gasteiger partial charge in [-0.2, -0.15) is 0 Å². The summed E-state index contributed by atoms with van der Waals surface area (Å²) in [5.41, 5.74) is 0.522. The number of likely N-dealkylation sites (tertiary alicyclic amines) is 1. The smallest absolute Gasteiger partial charge is 0.261 e. The van der Waals surface area contributed by atoms with E-state index in [9.17, 15) is 14.4 Å². The molecule has 170 valence electrons. The van der Waals surface area contributed by atoms with E-state index in [1.54, 1.807) is 4.90 Å². The van der Waals surface area contributed by atoms with Gasteiger partial charge in [-0.3, -0.25) is 14.4 Å². The zero-order valence-electron chi connectivity index (χ0n) is 18.9. The van der Waals surface area contributed by atoms with Crippen molar-refractivity contribution in [3.63, 3.8) is 0 Å². The van der Waals surface area contributed by atoms with Crippen LogP contribution in [0.3, 0.4) is 0 Å². The Morgan fingerprint density at radius 3 is 2.50 bits per heavy atom. The molecule has 2 aromatic rings. The van der Waals surface area contributed by atoms with E-state index >= 15 is 0 Å². The lowest BCUT2D eigenvalue weighted by Gasteiger charge is -2.33. The number of carbonyl (C=O) groups excluding carboxylic acids is 2. The van der Waals surface area contributed by atoms with Crippen molar-refractivity contribution in [2.45, 2.75) is 52.6 Å². The molecular weight excluding hydrogens is 408 g/mol. The van der Waals surface area contributed by atoms with Crippen LogP contribution in [-0.4, -0.2) is 47.4 Å². The molecule has 0 radical (unpaired) electrons. The minimum absolute atomic E-state index is 0.0263. The summed E-state index contributed by atoms with van der Waals surface area (Å²) in [5, 5.41) is 0. The number of fused-ring (bicyclic) bond motifs is 1. The number of benzene rings is 1. The average Bonchev–Trinajstić information content (AvgIpc) is 2.74. The summed E-state index contributed by atoms with van der Waals surface area (Å²) in [4.78, 5) is 42.8. The third kappa shape index (κ3) is 4.56. The third-order valence-electron chi connectivity index (χ3n) is 6.12. The van der Waals surface area contributed by atoms with E-state index in [4.69, 9.17) is 9.47 Å². The van der Waals surface area contributed by atoms with Gasteiger partial charge in [0, 0.05) is 43.6 Å². The van der Waals surface area contributed by atoms with Gasteiger partial charge >= 0.3 is 0 Å². The van der Waals surface area contributed by atoms with Crippen LogP contribution in [0.2, 0.25) is 0 Å². The van der Waals surface area contributed by atoms with E-state index < -0.39 is 5.56 Å². The van der Waals surface area contributed by atoms with E-state index in [1.165, 1.54) is 6.07 Å². The fourth-order valence-corrected chi connectivity index (χ4v) is 4.54. The number of hydrogen-bond donors (Lipinski definition) is 1. The van der Waals surface area contributed by atoms with Crippen molar-refractivity contribution in [2.75, 3.05) is 19.7 Å². The van der Waals surface area contributed by atoms with Crippen LogP contribution in [0.1, 0.15) is 66.4 Å². The Bertz CT molecular complexity index is 1080. The summed E-state index contributed by atoms with van der Waals surface area (Å²) in [6.07, 6.45) is 2.30. The molecule has 0 spiro atoms. The lowest BCUT2D eigenvalue weighted by molar-refractivity contribution is 0.0587. The largest absolute Gasteiger partial charge is 0.490 e. The fraction of sp³-hybridized carbons (Fsp3) is 0.480. The van der Waals surface area contributed by atoms with Crippen LogP contribution in [0.25, 0.3) is 0 Å². The van der Waals surface area contributed by atoms with Crippen LogP contribution < -0.4 is 15.0 Å². The molecule has 2 heterocycles. The average molecular weight is 439 g/mol. The number of nitrogens with one attached hydrogen (secondary N) is 1. The van der Waals surface area contributed by atoms with Gasteiger partial charge in [-0.1, -0.05) is 26.0 Å². The number of ether oxygens (including phenoxy) is 2. The number of piperidine rings is 1. The first-order valence-electron chi connectivity index (χ1n) is 11.2. The van der Waals surface area contributed by atoms with Crippen LogP contribution in [-0.2, 0) is 6.42 Å². The minimum Gasteiger partial charge on any atom is -0.490 e. The molecule has 7 nitrogen and oxygen atoms in total. The highest BCUT2D eigenvalue weighted by Crippen LogP contribution is 2.34. The second-order valence-corrected chi connectivity index (χ2v) is 9.33. The first kappa shape index (κ1) is 22.1. The maximum absolute atomic E-state index is 13.1. The first-order chi connectivity index (χ1) is 15.3. The number of pyridine rings is 1. The number of ketones is 1. The third-order valence-corrected chi connectivity index (χ3v) is 6.12. The number of rotatable bonds is 5. The fourth-order valence-electron chi connectivity index (χ4n) is 4.54. The van der Waals surface area contributed by atoms with Crippen LogP contribution in [0.5, 0.6) is 11.5 Å². The summed E-state index contributed by atoms with van der Waals surface area (Å²) in [7, 11) is 0. The standard InChI is InChI=1S/C25H30N2O5/c1-4-31-21-7-5-6-8-22(21)32-16-9-11-27(12-10-16)24(30)18-13-17-19(26-23(18)29)14-25(2,3)15-20(17)28/h5-8,13,16H,4,9-12,14-15H2,1-3H3,(H,26,29). The van der Waals surface area contributed by atoms with E-state index in [2.05, 4.69) is 4.98 Å². The van der Waals surface area contributed by atoms with E-state index in [0.717, 1.165) is 0 Å². The molecule has 0 atom stereocenters. The quantitative estimate of drug-likeness (QED) is 0.770. The van der Waals surface area contributed by atoms with Crippen LogP contribution in [0, 0.1) is 5.41 Å². The Hall–Kier alpha value is -3.09. The molecule has 1 aromatic carbocycles. The van der Waals surface area contributed by atoms with Gasteiger partial charge in [0.25, 0.3) is 11.5 Å². The molecule has 1 aliphatic heterocycles. The second kappa shape index (κ2) is 8.81. The van der Waals surface area contributed by atoms with Gasteiger partial charge in [-0.05, 0) is 37.0 Å². The normalized spacial score (nSPS) is 18.2. The molecule has 1 aromatic heterocycles. The maximum atomic E-state index is 13.1. The molecule has 0 bridgehead atoms. The Labute approximate surface area is 187 Å². The summed E-state index contributed by atoms with van der Waals surface area (Å²) >= 11 is 0. The molecule has 1 N–H and O–H groups in total.